The molecule has 0 atom stereocenters. The lowest BCUT2D eigenvalue weighted by Gasteiger charge is -2.16. The van der Waals surface area contributed by atoms with Crippen molar-refractivity contribution in [3.05, 3.63) is 64.2 Å². The SMILES string of the molecule is Cc1nc(CSc2ccc(C(=O)Nc3ccc(N4CCCC4)nc3)cc2)cs1. The van der Waals surface area contributed by atoms with Crippen LogP contribution in [0.3, 0.4) is 0 Å². The maximum atomic E-state index is 12.5. The van der Waals surface area contributed by atoms with Crippen LogP contribution in [0.15, 0.2) is 52.9 Å². The Morgan fingerprint density at radius 1 is 1.18 bits per heavy atom. The summed E-state index contributed by atoms with van der Waals surface area (Å²) in [5.41, 5.74) is 2.45. The molecule has 1 aromatic carbocycles. The van der Waals surface area contributed by atoms with E-state index in [1.165, 1.54) is 12.8 Å². The second-order valence-corrected chi connectivity index (χ2v) is 8.84. The van der Waals surface area contributed by atoms with Crippen LogP contribution in [0.2, 0.25) is 0 Å². The van der Waals surface area contributed by atoms with Crippen molar-refractivity contribution in [1.29, 1.82) is 0 Å². The topological polar surface area (TPSA) is 58.1 Å². The number of nitrogens with zero attached hydrogens (tertiary/aromatic N) is 3. The standard InChI is InChI=1S/C21H22N4OS2/c1-15-23-18(13-27-15)14-28-19-7-4-16(5-8-19)21(26)24-17-6-9-20(22-12-17)25-10-2-3-11-25/h4-9,12-13H,2-3,10-11,14H2,1H3,(H,24,26). The van der Waals surface area contributed by atoms with Crippen LogP contribution in [0.4, 0.5) is 11.5 Å². The smallest absolute Gasteiger partial charge is 0.255 e. The highest BCUT2D eigenvalue weighted by molar-refractivity contribution is 7.98. The molecule has 1 aliphatic heterocycles. The summed E-state index contributed by atoms with van der Waals surface area (Å²) in [7, 11) is 0. The number of hydrogen-bond acceptors (Lipinski definition) is 6. The molecule has 7 heteroatoms. The van der Waals surface area contributed by atoms with Crippen LogP contribution < -0.4 is 10.2 Å². The molecular weight excluding hydrogens is 388 g/mol. The maximum Gasteiger partial charge on any atom is 0.255 e. The molecule has 1 aliphatic rings. The summed E-state index contributed by atoms with van der Waals surface area (Å²) in [6.45, 7) is 4.14. The zero-order valence-corrected chi connectivity index (χ0v) is 17.4. The van der Waals surface area contributed by atoms with Gasteiger partial charge in [-0.15, -0.1) is 23.1 Å². The highest BCUT2D eigenvalue weighted by Crippen LogP contribution is 2.24. The molecule has 0 bridgehead atoms. The molecule has 4 rings (SSSR count). The Balaban J connectivity index is 1.32. The second kappa shape index (κ2) is 8.75. The van der Waals surface area contributed by atoms with Crippen molar-refractivity contribution < 1.29 is 4.79 Å². The first-order valence-electron chi connectivity index (χ1n) is 9.33. The third-order valence-electron chi connectivity index (χ3n) is 4.61. The summed E-state index contributed by atoms with van der Waals surface area (Å²) >= 11 is 3.39. The first-order valence-corrected chi connectivity index (χ1v) is 11.2. The minimum atomic E-state index is -0.123. The number of rotatable bonds is 6. The van der Waals surface area contributed by atoms with Crippen molar-refractivity contribution in [3.8, 4) is 0 Å². The number of aryl methyl sites for hydroxylation is 1. The van der Waals surface area contributed by atoms with Crippen molar-refractivity contribution in [2.75, 3.05) is 23.3 Å². The normalized spacial score (nSPS) is 13.7. The average molecular weight is 411 g/mol. The van der Waals surface area contributed by atoms with E-state index in [1.807, 2.05) is 43.3 Å². The van der Waals surface area contributed by atoms with Crippen LogP contribution in [-0.4, -0.2) is 29.0 Å². The van der Waals surface area contributed by atoms with Crippen molar-refractivity contribution >= 4 is 40.5 Å². The molecule has 1 amide bonds. The van der Waals surface area contributed by atoms with Gasteiger partial charge >= 0.3 is 0 Å². The zero-order chi connectivity index (χ0) is 19.3. The molecule has 3 heterocycles. The number of amides is 1. The van der Waals surface area contributed by atoms with Crippen molar-refractivity contribution in [3.63, 3.8) is 0 Å². The minimum Gasteiger partial charge on any atom is -0.357 e. The predicted molar refractivity (Wildman–Crippen MR) is 116 cm³/mol. The Labute approximate surface area is 173 Å². The number of benzene rings is 1. The predicted octanol–water partition coefficient (Wildman–Crippen LogP) is 4.99. The van der Waals surface area contributed by atoms with Crippen LogP contribution in [0, 0.1) is 6.92 Å². The molecule has 0 unspecified atom stereocenters. The largest absolute Gasteiger partial charge is 0.357 e. The number of aromatic nitrogens is 2. The van der Waals surface area contributed by atoms with Crippen LogP contribution in [-0.2, 0) is 5.75 Å². The van der Waals surface area contributed by atoms with Gasteiger partial charge in [0.15, 0.2) is 0 Å². The summed E-state index contributed by atoms with van der Waals surface area (Å²) in [5.74, 6) is 1.69. The maximum absolute atomic E-state index is 12.5. The van der Waals surface area contributed by atoms with Gasteiger partial charge in [0, 0.05) is 34.7 Å². The molecular formula is C21H22N4OS2. The summed E-state index contributed by atoms with van der Waals surface area (Å²) in [4.78, 5) is 24.8. The number of carbonyl (C=O) groups is 1. The third kappa shape index (κ3) is 4.72. The second-order valence-electron chi connectivity index (χ2n) is 6.72. The van der Waals surface area contributed by atoms with Crippen LogP contribution in [0.25, 0.3) is 0 Å². The van der Waals surface area contributed by atoms with Gasteiger partial charge in [0.2, 0.25) is 0 Å². The molecule has 5 nitrogen and oxygen atoms in total. The highest BCUT2D eigenvalue weighted by atomic mass is 32.2. The zero-order valence-electron chi connectivity index (χ0n) is 15.7. The Bertz CT molecular complexity index is 932. The Hall–Kier alpha value is -2.38. The Kier molecular flexibility index (Phi) is 5.92. The number of nitrogens with one attached hydrogen (secondary N) is 1. The van der Waals surface area contributed by atoms with Crippen LogP contribution in [0.1, 0.15) is 33.9 Å². The molecule has 0 radical (unpaired) electrons. The van der Waals surface area contributed by atoms with Gasteiger partial charge in [0.25, 0.3) is 5.91 Å². The fraction of sp³-hybridized carbons (Fsp3) is 0.286. The fourth-order valence-corrected chi connectivity index (χ4v) is 4.64. The van der Waals surface area contributed by atoms with Gasteiger partial charge in [-0.2, -0.15) is 0 Å². The first kappa shape index (κ1) is 19.0. The summed E-state index contributed by atoms with van der Waals surface area (Å²) in [5, 5.41) is 6.10. The van der Waals surface area contributed by atoms with Crippen molar-refractivity contribution in [2.45, 2.75) is 30.4 Å². The monoisotopic (exact) mass is 410 g/mol. The number of carbonyl (C=O) groups excluding carboxylic acids is 1. The van der Waals surface area contributed by atoms with E-state index in [4.69, 9.17) is 0 Å². The third-order valence-corrected chi connectivity index (χ3v) is 6.47. The molecule has 0 aliphatic carbocycles. The van der Waals surface area contributed by atoms with E-state index >= 15 is 0 Å². The number of pyridine rings is 1. The molecule has 144 valence electrons. The van der Waals surface area contributed by atoms with Crippen molar-refractivity contribution in [2.24, 2.45) is 0 Å². The quantitative estimate of drug-likeness (QED) is 0.580. The molecule has 28 heavy (non-hydrogen) atoms. The van der Waals surface area contributed by atoms with E-state index in [0.717, 1.165) is 40.3 Å². The summed E-state index contributed by atoms with van der Waals surface area (Å²) < 4.78 is 0. The lowest BCUT2D eigenvalue weighted by molar-refractivity contribution is 0.102. The summed E-state index contributed by atoms with van der Waals surface area (Å²) in [6.07, 6.45) is 4.17. The highest BCUT2D eigenvalue weighted by Gasteiger charge is 2.13. The van der Waals surface area contributed by atoms with E-state index in [9.17, 15) is 4.79 Å². The van der Waals surface area contributed by atoms with Crippen LogP contribution >= 0.6 is 23.1 Å². The molecule has 0 saturated carbocycles. The average Bonchev–Trinajstić information content (AvgIpc) is 3.39. The van der Waals surface area contributed by atoms with Gasteiger partial charge in [-0.25, -0.2) is 9.97 Å². The molecule has 2 aromatic heterocycles. The van der Waals surface area contributed by atoms with Crippen LogP contribution in [0.5, 0.6) is 0 Å². The number of thioether (sulfide) groups is 1. The van der Waals surface area contributed by atoms with Gasteiger partial charge in [0.1, 0.15) is 5.82 Å². The molecule has 1 fully saturated rings. The number of anilines is 2. The lowest BCUT2D eigenvalue weighted by Crippen LogP contribution is -2.19. The van der Waals surface area contributed by atoms with Gasteiger partial charge in [-0.1, -0.05) is 0 Å². The van der Waals surface area contributed by atoms with Gasteiger partial charge in [0.05, 0.1) is 22.6 Å². The minimum absolute atomic E-state index is 0.123. The lowest BCUT2D eigenvalue weighted by atomic mass is 10.2. The van der Waals surface area contributed by atoms with Gasteiger partial charge in [-0.3, -0.25) is 4.79 Å². The van der Waals surface area contributed by atoms with Gasteiger partial charge in [-0.05, 0) is 56.2 Å². The summed E-state index contributed by atoms with van der Waals surface area (Å²) in [6, 6.07) is 11.6. The molecule has 1 N–H and O–H groups in total. The van der Waals surface area contributed by atoms with E-state index in [0.29, 0.717) is 11.3 Å². The number of thiazole rings is 1. The van der Waals surface area contributed by atoms with Gasteiger partial charge < -0.3 is 10.2 Å². The fourth-order valence-electron chi connectivity index (χ4n) is 3.13. The van der Waals surface area contributed by atoms with E-state index in [2.05, 4.69) is 25.6 Å². The van der Waals surface area contributed by atoms with E-state index in [-0.39, 0.29) is 5.91 Å². The Morgan fingerprint density at radius 3 is 2.61 bits per heavy atom. The molecule has 1 saturated heterocycles. The van der Waals surface area contributed by atoms with Crippen molar-refractivity contribution in [1.82, 2.24) is 9.97 Å². The molecule has 0 spiro atoms. The van der Waals surface area contributed by atoms with E-state index in [1.54, 1.807) is 29.3 Å². The molecule has 3 aromatic rings. The number of hydrogen-bond donors (Lipinski definition) is 1. The van der Waals surface area contributed by atoms with E-state index < -0.39 is 0 Å². The first-order chi connectivity index (χ1) is 13.7. The Morgan fingerprint density at radius 2 is 1.96 bits per heavy atom.